The molecule has 0 saturated heterocycles. The summed E-state index contributed by atoms with van der Waals surface area (Å²) in [5, 5.41) is 12.4. The molecule has 0 aliphatic heterocycles. The molecule has 2 N–H and O–H groups in total. The zero-order valence-electron chi connectivity index (χ0n) is 11.2. The molecule has 3 rings (SSSR count). The van der Waals surface area contributed by atoms with Crippen molar-refractivity contribution in [2.45, 2.75) is 50.6 Å². The lowest BCUT2D eigenvalue weighted by molar-refractivity contribution is 0.0901. The fraction of sp³-hybridized carbons (Fsp3) is 0.667. The first-order valence-electron chi connectivity index (χ1n) is 7.38. The quantitative estimate of drug-likeness (QED) is 0.873. The van der Waals surface area contributed by atoms with Crippen molar-refractivity contribution < 1.29 is 9.90 Å². The fourth-order valence-electron chi connectivity index (χ4n) is 3.26. The number of hydrogen-bond donors (Lipinski definition) is 2. The zero-order chi connectivity index (χ0) is 13.2. The van der Waals surface area contributed by atoms with Crippen LogP contribution in [0.2, 0.25) is 0 Å². The maximum absolute atomic E-state index is 12.4. The van der Waals surface area contributed by atoms with Crippen molar-refractivity contribution in [3.8, 4) is 0 Å². The summed E-state index contributed by atoms with van der Waals surface area (Å²) in [6.07, 6.45) is 8.73. The van der Waals surface area contributed by atoms with E-state index < -0.39 is 0 Å². The van der Waals surface area contributed by atoms with Gasteiger partial charge in [0.05, 0.1) is 0 Å². The second-order valence-electron chi connectivity index (χ2n) is 5.84. The number of aliphatic hydroxyl groups excluding tert-OH is 1. The Morgan fingerprint density at radius 1 is 1.32 bits per heavy atom. The molecule has 2 unspecified atom stereocenters. The van der Waals surface area contributed by atoms with Gasteiger partial charge < -0.3 is 15.0 Å². The molecule has 0 aromatic carbocycles. The van der Waals surface area contributed by atoms with Crippen LogP contribution >= 0.6 is 0 Å². The Bertz CT molecular complexity index is 451. The van der Waals surface area contributed by atoms with Crippen LogP contribution in [-0.2, 0) is 0 Å². The summed E-state index contributed by atoms with van der Waals surface area (Å²) < 4.78 is 2.11. The summed E-state index contributed by atoms with van der Waals surface area (Å²) in [4.78, 5) is 12.4. The van der Waals surface area contributed by atoms with Gasteiger partial charge >= 0.3 is 0 Å². The van der Waals surface area contributed by atoms with E-state index in [9.17, 15) is 9.90 Å². The van der Waals surface area contributed by atoms with E-state index in [0.717, 1.165) is 25.0 Å². The van der Waals surface area contributed by atoms with Gasteiger partial charge in [0.2, 0.25) is 0 Å². The lowest BCUT2D eigenvalue weighted by Gasteiger charge is -2.29. The van der Waals surface area contributed by atoms with Crippen molar-refractivity contribution >= 4 is 5.91 Å². The number of aromatic nitrogens is 1. The van der Waals surface area contributed by atoms with Gasteiger partial charge in [-0.25, -0.2) is 0 Å². The maximum Gasteiger partial charge on any atom is 0.268 e. The van der Waals surface area contributed by atoms with Crippen molar-refractivity contribution in [3.05, 3.63) is 24.0 Å². The van der Waals surface area contributed by atoms with Crippen molar-refractivity contribution in [3.63, 3.8) is 0 Å². The van der Waals surface area contributed by atoms with E-state index in [2.05, 4.69) is 9.88 Å². The monoisotopic (exact) mass is 262 g/mol. The molecule has 4 heteroatoms. The minimum atomic E-state index is 0.0160. The first-order valence-corrected chi connectivity index (χ1v) is 7.38. The summed E-state index contributed by atoms with van der Waals surface area (Å²) >= 11 is 0. The molecule has 2 fully saturated rings. The molecule has 19 heavy (non-hydrogen) atoms. The number of amides is 1. The highest BCUT2D eigenvalue weighted by Crippen LogP contribution is 2.33. The fourth-order valence-corrected chi connectivity index (χ4v) is 3.26. The predicted octanol–water partition coefficient (Wildman–Crippen LogP) is 2.10. The highest BCUT2D eigenvalue weighted by atomic mass is 16.3. The number of nitrogens with zero attached hydrogens (tertiary/aromatic N) is 1. The van der Waals surface area contributed by atoms with Crippen LogP contribution in [0.3, 0.4) is 0 Å². The molecule has 2 aliphatic rings. The standard InChI is InChI=1S/C15H22N2O2/c18-10-11-4-1-7-13(11)16-15(19)14-8-3-9-17(14)12-5-2-6-12/h3,8-9,11-13,18H,1-2,4-7,10H2,(H,16,19). The highest BCUT2D eigenvalue weighted by molar-refractivity contribution is 5.93. The van der Waals surface area contributed by atoms with Crippen molar-refractivity contribution in [2.75, 3.05) is 6.61 Å². The van der Waals surface area contributed by atoms with Crippen molar-refractivity contribution in [2.24, 2.45) is 5.92 Å². The van der Waals surface area contributed by atoms with Crippen LogP contribution in [-0.4, -0.2) is 28.2 Å². The topological polar surface area (TPSA) is 54.3 Å². The molecule has 2 saturated carbocycles. The SMILES string of the molecule is O=C(NC1CCCC1CO)c1cccn1C1CCC1. The van der Waals surface area contributed by atoms with Crippen LogP contribution in [0.5, 0.6) is 0 Å². The molecule has 2 atom stereocenters. The highest BCUT2D eigenvalue weighted by Gasteiger charge is 2.29. The summed E-state index contributed by atoms with van der Waals surface area (Å²) in [6, 6.07) is 4.50. The number of carbonyl (C=O) groups excluding carboxylic acids is 1. The summed E-state index contributed by atoms with van der Waals surface area (Å²) in [5.41, 5.74) is 0.772. The average Bonchev–Trinajstić information content (AvgIpc) is 2.95. The van der Waals surface area contributed by atoms with E-state index in [1.807, 2.05) is 18.3 Å². The largest absolute Gasteiger partial charge is 0.396 e. The van der Waals surface area contributed by atoms with Crippen LogP contribution in [0.15, 0.2) is 18.3 Å². The third-order valence-electron chi connectivity index (χ3n) is 4.69. The van der Waals surface area contributed by atoms with E-state index >= 15 is 0 Å². The molecule has 2 aliphatic carbocycles. The van der Waals surface area contributed by atoms with Crippen molar-refractivity contribution in [1.82, 2.24) is 9.88 Å². The maximum atomic E-state index is 12.4. The third-order valence-corrected chi connectivity index (χ3v) is 4.69. The van der Waals surface area contributed by atoms with Crippen LogP contribution in [0, 0.1) is 5.92 Å². The second-order valence-corrected chi connectivity index (χ2v) is 5.84. The Morgan fingerprint density at radius 3 is 2.79 bits per heavy atom. The molecule has 1 aromatic heterocycles. The lowest BCUT2D eigenvalue weighted by atomic mass is 9.93. The third kappa shape index (κ3) is 2.41. The summed E-state index contributed by atoms with van der Waals surface area (Å²) in [7, 11) is 0. The number of aliphatic hydroxyl groups is 1. The second kappa shape index (κ2) is 5.37. The van der Waals surface area contributed by atoms with Crippen LogP contribution in [0.1, 0.15) is 55.1 Å². The van der Waals surface area contributed by atoms with E-state index in [1.54, 1.807) is 0 Å². The summed E-state index contributed by atoms with van der Waals surface area (Å²) in [6.45, 7) is 0.175. The smallest absolute Gasteiger partial charge is 0.268 e. The van der Waals surface area contributed by atoms with Crippen LogP contribution in [0.25, 0.3) is 0 Å². The Balaban J connectivity index is 1.68. The molecule has 1 heterocycles. The minimum Gasteiger partial charge on any atom is -0.396 e. The molecule has 104 valence electrons. The van der Waals surface area contributed by atoms with Gasteiger partial charge in [-0.2, -0.15) is 0 Å². The van der Waals surface area contributed by atoms with E-state index in [-0.39, 0.29) is 24.5 Å². The van der Waals surface area contributed by atoms with Gasteiger partial charge in [-0.05, 0) is 44.2 Å². The molecule has 0 spiro atoms. The van der Waals surface area contributed by atoms with Gasteiger partial charge in [-0.1, -0.05) is 6.42 Å². The lowest BCUT2D eigenvalue weighted by Crippen LogP contribution is -2.39. The van der Waals surface area contributed by atoms with Gasteiger partial charge in [0.1, 0.15) is 5.69 Å². The minimum absolute atomic E-state index is 0.0160. The average molecular weight is 262 g/mol. The van der Waals surface area contributed by atoms with Gasteiger partial charge in [0.25, 0.3) is 5.91 Å². The molecule has 1 aromatic rings. The molecule has 0 bridgehead atoms. The van der Waals surface area contributed by atoms with Crippen molar-refractivity contribution in [1.29, 1.82) is 0 Å². The molecule has 1 amide bonds. The zero-order valence-corrected chi connectivity index (χ0v) is 11.2. The first-order chi connectivity index (χ1) is 9.29. The van der Waals surface area contributed by atoms with E-state index in [4.69, 9.17) is 0 Å². The Labute approximate surface area is 113 Å². The van der Waals surface area contributed by atoms with Crippen LogP contribution in [0.4, 0.5) is 0 Å². The molecular weight excluding hydrogens is 240 g/mol. The molecular formula is C15H22N2O2. The van der Waals surface area contributed by atoms with E-state index in [0.29, 0.717) is 6.04 Å². The van der Waals surface area contributed by atoms with Gasteiger partial charge in [0, 0.05) is 30.8 Å². The predicted molar refractivity (Wildman–Crippen MR) is 73.0 cm³/mol. The Kier molecular flexibility index (Phi) is 3.60. The number of carbonyl (C=O) groups is 1. The van der Waals surface area contributed by atoms with Gasteiger partial charge in [-0.3, -0.25) is 4.79 Å². The number of nitrogens with one attached hydrogen (secondary N) is 1. The van der Waals surface area contributed by atoms with E-state index in [1.165, 1.54) is 19.3 Å². The Morgan fingerprint density at radius 2 is 2.11 bits per heavy atom. The normalized spacial score (nSPS) is 27.2. The first kappa shape index (κ1) is 12.7. The molecule has 0 radical (unpaired) electrons. The molecule has 4 nitrogen and oxygen atoms in total. The summed E-state index contributed by atoms with van der Waals surface area (Å²) in [5.74, 6) is 0.248. The number of rotatable bonds is 4. The van der Waals surface area contributed by atoms with Crippen LogP contribution < -0.4 is 5.32 Å². The van der Waals surface area contributed by atoms with Gasteiger partial charge in [-0.15, -0.1) is 0 Å². The van der Waals surface area contributed by atoms with Gasteiger partial charge in [0.15, 0.2) is 0 Å². The Hall–Kier alpha value is -1.29. The number of hydrogen-bond acceptors (Lipinski definition) is 2.